The van der Waals surface area contributed by atoms with Gasteiger partial charge in [-0.25, -0.2) is 9.36 Å². The van der Waals surface area contributed by atoms with Crippen LogP contribution < -0.4 is 4.72 Å². The fourth-order valence-corrected chi connectivity index (χ4v) is 4.81. The summed E-state index contributed by atoms with van der Waals surface area (Å²) in [7, 11) is -3.83. The van der Waals surface area contributed by atoms with E-state index >= 15 is 0 Å². The van der Waals surface area contributed by atoms with Gasteiger partial charge in [-0.05, 0) is 57.2 Å². The van der Waals surface area contributed by atoms with Gasteiger partial charge in [-0.3, -0.25) is 8.91 Å². The van der Waals surface area contributed by atoms with E-state index in [0.717, 1.165) is 40.6 Å². The van der Waals surface area contributed by atoms with Crippen LogP contribution in [0.3, 0.4) is 0 Å². The highest BCUT2D eigenvalue weighted by atomic mass is 32.2. The number of nitrogens with one attached hydrogen (secondary N) is 1. The van der Waals surface area contributed by atoms with E-state index in [2.05, 4.69) is 4.72 Å². The molecule has 2 aromatic rings. The number of carbonyl (C=O) groups is 1. The number of benzene rings is 1. The Hall–Kier alpha value is -2.32. The molecule has 1 aliphatic carbocycles. The molecule has 1 aliphatic heterocycles. The third-order valence-corrected chi connectivity index (χ3v) is 5.87. The Morgan fingerprint density at radius 1 is 1.18 bits per heavy atom. The molecule has 0 spiro atoms. The van der Waals surface area contributed by atoms with Gasteiger partial charge in [0.25, 0.3) is 0 Å². The van der Waals surface area contributed by atoms with Crippen molar-refractivity contribution in [3.05, 3.63) is 41.2 Å². The molecule has 150 valence electrons. The quantitative estimate of drug-likeness (QED) is 0.723. The molecule has 4 rings (SSSR count). The van der Waals surface area contributed by atoms with Crippen molar-refractivity contribution in [1.29, 1.82) is 0 Å². The second-order valence-corrected chi connectivity index (χ2v) is 9.45. The van der Waals surface area contributed by atoms with Crippen molar-refractivity contribution in [3.8, 4) is 0 Å². The zero-order valence-electron chi connectivity index (χ0n) is 16.2. The highest BCUT2D eigenvalue weighted by molar-refractivity contribution is 7.84. The zero-order chi connectivity index (χ0) is 20.1. The highest BCUT2D eigenvalue weighted by Gasteiger charge is 2.32. The molecule has 1 aromatic carbocycles. The number of nitrogens with zero attached hydrogens (tertiary/aromatic N) is 1. The number of aromatic nitrogens is 1. The third-order valence-electron chi connectivity index (χ3n) is 4.90. The summed E-state index contributed by atoms with van der Waals surface area (Å²) in [5.41, 5.74) is 3.30. The first-order valence-electron chi connectivity index (χ1n) is 9.41. The summed E-state index contributed by atoms with van der Waals surface area (Å²) in [5.74, 6) is 0. The van der Waals surface area contributed by atoms with Crippen LogP contribution in [0.15, 0.2) is 30.0 Å². The predicted octanol–water partition coefficient (Wildman–Crippen LogP) is 3.73. The van der Waals surface area contributed by atoms with Crippen LogP contribution in [-0.4, -0.2) is 31.3 Å². The number of fused-ring (bicyclic) bond motifs is 4. The second-order valence-electron chi connectivity index (χ2n) is 8.10. The molecule has 1 aromatic heterocycles. The maximum atomic E-state index is 13.2. The lowest BCUT2D eigenvalue weighted by Crippen LogP contribution is -2.28. The van der Waals surface area contributed by atoms with Gasteiger partial charge in [0.2, 0.25) is 0 Å². The van der Waals surface area contributed by atoms with Crippen LogP contribution in [0, 0.1) is 0 Å². The van der Waals surface area contributed by atoms with Gasteiger partial charge in [-0.1, -0.05) is 18.2 Å². The van der Waals surface area contributed by atoms with Crippen LogP contribution >= 0.6 is 0 Å². The fraction of sp³-hybridized carbons (Fsp3) is 0.450. The van der Waals surface area contributed by atoms with E-state index in [1.165, 1.54) is 0 Å². The molecule has 0 saturated carbocycles. The number of hydrogen-bond acceptors (Lipinski definition) is 5. The van der Waals surface area contributed by atoms with Gasteiger partial charge in [0.1, 0.15) is 5.60 Å². The number of para-hydroxylation sites is 1. The molecule has 0 bridgehead atoms. The Kier molecular flexibility index (Phi) is 4.50. The second kappa shape index (κ2) is 6.63. The smallest absolute Gasteiger partial charge is 0.419 e. The highest BCUT2D eigenvalue weighted by Crippen LogP contribution is 2.39. The van der Waals surface area contributed by atoms with Crippen LogP contribution in [0.2, 0.25) is 0 Å². The molecule has 0 fully saturated rings. The Balaban J connectivity index is 2.00. The summed E-state index contributed by atoms with van der Waals surface area (Å²) in [6.45, 7) is 5.51. The third kappa shape index (κ3) is 3.42. The molecule has 0 saturated heterocycles. The molecule has 0 unspecified atom stereocenters. The number of aryl methyl sites for hydroxylation is 1. The van der Waals surface area contributed by atoms with Crippen LogP contribution in [-0.2, 0) is 25.6 Å². The lowest BCUT2D eigenvalue weighted by atomic mass is 10.0. The van der Waals surface area contributed by atoms with Gasteiger partial charge in [-0.15, -0.1) is 0 Å². The largest absolute Gasteiger partial charge is 0.443 e. The van der Waals surface area contributed by atoms with Crippen LogP contribution in [0.25, 0.3) is 16.5 Å². The summed E-state index contributed by atoms with van der Waals surface area (Å²) in [6, 6.07) is 7.72. The van der Waals surface area contributed by atoms with Gasteiger partial charge < -0.3 is 4.74 Å². The molecule has 0 radical (unpaired) electrons. The van der Waals surface area contributed by atoms with Crippen molar-refractivity contribution in [2.75, 3.05) is 6.61 Å². The molecule has 0 amide bonds. The minimum atomic E-state index is -3.83. The normalized spacial score (nSPS) is 19.2. The number of ether oxygens (including phenoxy) is 1. The number of allylic oxidation sites excluding steroid dienone is 1. The molecular weight excluding hydrogens is 380 g/mol. The minimum absolute atomic E-state index is 0.0312. The van der Waals surface area contributed by atoms with E-state index in [1.54, 1.807) is 4.57 Å². The number of hydrogen-bond donors (Lipinski definition) is 1. The van der Waals surface area contributed by atoms with E-state index in [0.29, 0.717) is 18.5 Å². The number of carbonyl (C=O) groups excluding carboxylic acids is 1. The summed E-state index contributed by atoms with van der Waals surface area (Å²) in [5, 5.41) is 0.991. The first-order chi connectivity index (χ1) is 13.2. The molecule has 2 heterocycles. The average molecular weight is 404 g/mol. The molecule has 2 aliphatic rings. The van der Waals surface area contributed by atoms with Crippen molar-refractivity contribution < 1.29 is 22.1 Å². The van der Waals surface area contributed by atoms with Crippen molar-refractivity contribution in [3.63, 3.8) is 0 Å². The van der Waals surface area contributed by atoms with Crippen LogP contribution in [0.5, 0.6) is 0 Å². The topological polar surface area (TPSA) is 86.6 Å². The lowest BCUT2D eigenvalue weighted by molar-refractivity contribution is 0.0543. The standard InChI is InChI=1S/C20H24N2O5S/c1-20(2,3)27-19(23)22-17-10-5-4-7-13(17)14-8-6-9-16-15(18(14)22)11-12-26-28(24,25)21-16/h4-5,7,10,21H,6,8-9,11-12H2,1-3H3. The van der Waals surface area contributed by atoms with Crippen LogP contribution in [0.4, 0.5) is 4.79 Å². The SMILES string of the molecule is CC(C)(C)OC(=O)n1c2c(c3ccccc31)CCCC1=C2CCOS(=O)(=O)N1. The Morgan fingerprint density at radius 3 is 2.68 bits per heavy atom. The van der Waals surface area contributed by atoms with Crippen molar-refractivity contribution in [1.82, 2.24) is 9.29 Å². The monoisotopic (exact) mass is 404 g/mol. The molecule has 7 nitrogen and oxygen atoms in total. The summed E-state index contributed by atoms with van der Waals surface area (Å²) >= 11 is 0. The first-order valence-corrected chi connectivity index (χ1v) is 10.8. The Morgan fingerprint density at radius 2 is 1.93 bits per heavy atom. The zero-order valence-corrected chi connectivity index (χ0v) is 17.1. The summed E-state index contributed by atoms with van der Waals surface area (Å²) in [4.78, 5) is 13.2. The van der Waals surface area contributed by atoms with Gasteiger partial charge in [-0.2, -0.15) is 8.42 Å². The molecule has 1 N–H and O–H groups in total. The molecular formula is C20H24N2O5S. The first kappa shape index (κ1) is 19.0. The van der Waals surface area contributed by atoms with E-state index in [4.69, 9.17) is 8.92 Å². The molecule has 8 heteroatoms. The maximum absolute atomic E-state index is 13.2. The maximum Gasteiger partial charge on any atom is 0.419 e. The van der Waals surface area contributed by atoms with Gasteiger partial charge in [0.15, 0.2) is 0 Å². The van der Waals surface area contributed by atoms with E-state index in [-0.39, 0.29) is 6.61 Å². The summed E-state index contributed by atoms with van der Waals surface area (Å²) < 4.78 is 38.9. The van der Waals surface area contributed by atoms with Gasteiger partial charge in [0, 0.05) is 17.5 Å². The van der Waals surface area contributed by atoms with Gasteiger partial charge >= 0.3 is 16.4 Å². The molecule has 0 atom stereocenters. The predicted molar refractivity (Wildman–Crippen MR) is 106 cm³/mol. The Labute approximate surface area is 164 Å². The minimum Gasteiger partial charge on any atom is -0.443 e. The van der Waals surface area contributed by atoms with Crippen molar-refractivity contribution in [2.24, 2.45) is 0 Å². The van der Waals surface area contributed by atoms with Gasteiger partial charge in [0.05, 0.1) is 17.8 Å². The summed E-state index contributed by atoms with van der Waals surface area (Å²) in [6.07, 6.45) is 2.03. The average Bonchev–Trinajstić information content (AvgIpc) is 2.69. The van der Waals surface area contributed by atoms with E-state index in [9.17, 15) is 13.2 Å². The lowest BCUT2D eigenvalue weighted by Gasteiger charge is -2.22. The van der Waals surface area contributed by atoms with E-state index in [1.807, 2.05) is 45.0 Å². The van der Waals surface area contributed by atoms with Crippen molar-refractivity contribution in [2.45, 2.75) is 52.1 Å². The fourth-order valence-electron chi connectivity index (χ4n) is 3.93. The number of rotatable bonds is 0. The molecule has 28 heavy (non-hydrogen) atoms. The Bertz CT molecular complexity index is 1090. The van der Waals surface area contributed by atoms with E-state index < -0.39 is 22.0 Å². The van der Waals surface area contributed by atoms with Crippen LogP contribution in [0.1, 0.15) is 51.3 Å². The van der Waals surface area contributed by atoms with Crippen molar-refractivity contribution >= 4 is 32.9 Å².